The van der Waals surface area contributed by atoms with Crippen LogP contribution in [0.2, 0.25) is 0 Å². The molecule has 5 heteroatoms. The maximum absolute atomic E-state index is 12.8. The highest BCUT2D eigenvalue weighted by molar-refractivity contribution is 8.00. The van der Waals surface area contributed by atoms with Crippen molar-refractivity contribution in [3.63, 3.8) is 0 Å². The van der Waals surface area contributed by atoms with Gasteiger partial charge in [0.1, 0.15) is 5.37 Å². The predicted molar refractivity (Wildman–Crippen MR) is 133 cm³/mol. The van der Waals surface area contributed by atoms with E-state index < -0.39 is 0 Å². The van der Waals surface area contributed by atoms with E-state index in [1.165, 1.54) is 5.56 Å². The molecule has 2 amide bonds. The molecule has 1 atom stereocenters. The van der Waals surface area contributed by atoms with Crippen molar-refractivity contribution in [1.82, 2.24) is 0 Å². The summed E-state index contributed by atoms with van der Waals surface area (Å²) in [5.41, 5.74) is 5.67. The first-order valence-corrected chi connectivity index (χ1v) is 12.1. The minimum absolute atomic E-state index is 0.0986. The van der Waals surface area contributed by atoms with Gasteiger partial charge in [-0.3, -0.25) is 14.5 Å². The Labute approximate surface area is 194 Å². The summed E-state index contributed by atoms with van der Waals surface area (Å²) >= 11 is 1.61. The fourth-order valence-electron chi connectivity index (χ4n) is 3.83. The van der Waals surface area contributed by atoms with Crippen LogP contribution < -0.4 is 10.2 Å². The summed E-state index contributed by atoms with van der Waals surface area (Å²) in [6.45, 7) is 4.21. The van der Waals surface area contributed by atoms with Crippen LogP contribution >= 0.6 is 11.8 Å². The number of anilines is 2. The van der Waals surface area contributed by atoms with E-state index in [0.29, 0.717) is 11.3 Å². The van der Waals surface area contributed by atoms with Gasteiger partial charge in [0.15, 0.2) is 0 Å². The fraction of sp³-hybridized carbons (Fsp3) is 0.259. The maximum atomic E-state index is 12.8. The number of aryl methyl sites for hydroxylation is 2. The zero-order chi connectivity index (χ0) is 22.5. The number of nitrogens with zero attached hydrogens (tertiary/aromatic N) is 1. The number of carbonyl (C=O) groups excluding carboxylic acids is 2. The van der Waals surface area contributed by atoms with Gasteiger partial charge in [0.2, 0.25) is 5.91 Å². The van der Waals surface area contributed by atoms with Gasteiger partial charge in [0, 0.05) is 16.9 Å². The highest BCUT2D eigenvalue weighted by atomic mass is 32.2. The summed E-state index contributed by atoms with van der Waals surface area (Å²) in [5, 5.41) is 2.90. The lowest BCUT2D eigenvalue weighted by atomic mass is 10.1. The van der Waals surface area contributed by atoms with E-state index in [1.807, 2.05) is 84.6 Å². The summed E-state index contributed by atoms with van der Waals surface area (Å²) in [4.78, 5) is 27.2. The Balaban J connectivity index is 1.50. The molecule has 0 radical (unpaired) electrons. The molecule has 4 nitrogen and oxygen atoms in total. The first-order chi connectivity index (χ1) is 15.5. The van der Waals surface area contributed by atoms with Crippen molar-refractivity contribution >= 4 is 35.0 Å². The number of hydrogen-bond donors (Lipinski definition) is 1. The quantitative estimate of drug-likeness (QED) is 0.461. The van der Waals surface area contributed by atoms with Crippen molar-refractivity contribution in [2.45, 2.75) is 38.5 Å². The van der Waals surface area contributed by atoms with Crippen molar-refractivity contribution in [1.29, 1.82) is 0 Å². The maximum Gasteiger partial charge on any atom is 0.255 e. The lowest BCUT2D eigenvalue weighted by Crippen LogP contribution is -2.27. The van der Waals surface area contributed by atoms with Crippen LogP contribution in [0.25, 0.3) is 0 Å². The summed E-state index contributed by atoms with van der Waals surface area (Å²) in [6.07, 6.45) is 3.35. The minimum Gasteiger partial charge on any atom is -0.322 e. The monoisotopic (exact) mass is 444 g/mol. The van der Waals surface area contributed by atoms with Gasteiger partial charge in [-0.15, -0.1) is 11.8 Å². The summed E-state index contributed by atoms with van der Waals surface area (Å²) in [7, 11) is 0. The van der Waals surface area contributed by atoms with E-state index in [1.54, 1.807) is 11.8 Å². The molecule has 1 fully saturated rings. The van der Waals surface area contributed by atoms with Crippen LogP contribution in [0.4, 0.5) is 11.4 Å². The third-order valence-electron chi connectivity index (χ3n) is 5.64. The van der Waals surface area contributed by atoms with Gasteiger partial charge in [-0.05, 0) is 67.3 Å². The van der Waals surface area contributed by atoms with Crippen molar-refractivity contribution in [3.05, 3.63) is 95.1 Å². The molecule has 1 aliphatic rings. The standard InChI is InChI=1S/C27H28N2O2S/c1-3-4-6-20-11-13-21(14-12-20)26(31)28-23-8-5-7-22(17-23)27-29(25(30)18-32-27)24-15-9-19(2)10-16-24/h5,7-17,27H,3-4,6,18H2,1-2H3,(H,28,31)/t27-/m0/s1. The third-order valence-corrected chi connectivity index (χ3v) is 6.86. The smallest absolute Gasteiger partial charge is 0.255 e. The molecule has 3 aromatic rings. The van der Waals surface area contributed by atoms with Crippen molar-refractivity contribution in [2.75, 3.05) is 16.0 Å². The lowest BCUT2D eigenvalue weighted by molar-refractivity contribution is -0.115. The van der Waals surface area contributed by atoms with E-state index in [-0.39, 0.29) is 17.2 Å². The zero-order valence-corrected chi connectivity index (χ0v) is 19.3. The number of nitrogens with one attached hydrogen (secondary N) is 1. The number of thioether (sulfide) groups is 1. The molecule has 0 saturated carbocycles. The predicted octanol–water partition coefficient (Wildman–Crippen LogP) is 6.37. The van der Waals surface area contributed by atoms with Crippen LogP contribution in [-0.2, 0) is 11.2 Å². The Hall–Kier alpha value is -3.05. The van der Waals surface area contributed by atoms with Crippen molar-refractivity contribution in [3.8, 4) is 0 Å². The molecule has 1 heterocycles. The van der Waals surface area contributed by atoms with Crippen LogP contribution in [0.15, 0.2) is 72.8 Å². The lowest BCUT2D eigenvalue weighted by Gasteiger charge is -2.25. The topological polar surface area (TPSA) is 49.4 Å². The van der Waals surface area contributed by atoms with E-state index in [9.17, 15) is 9.59 Å². The highest BCUT2D eigenvalue weighted by Gasteiger charge is 2.34. The summed E-state index contributed by atoms with van der Waals surface area (Å²) in [6, 6.07) is 23.6. The Kier molecular flexibility index (Phi) is 6.96. The third kappa shape index (κ3) is 5.05. The van der Waals surface area contributed by atoms with E-state index in [0.717, 1.165) is 41.8 Å². The molecule has 1 saturated heterocycles. The van der Waals surface area contributed by atoms with Gasteiger partial charge in [-0.25, -0.2) is 0 Å². The Bertz CT molecular complexity index is 1090. The van der Waals surface area contributed by atoms with Gasteiger partial charge in [-0.2, -0.15) is 0 Å². The second kappa shape index (κ2) is 10.0. The molecule has 164 valence electrons. The molecular formula is C27H28N2O2S. The summed E-state index contributed by atoms with van der Waals surface area (Å²) in [5.74, 6) is 0.413. The molecule has 0 aromatic heterocycles. The Morgan fingerprint density at radius 3 is 2.53 bits per heavy atom. The second-order valence-electron chi connectivity index (χ2n) is 8.14. The number of rotatable bonds is 7. The van der Waals surface area contributed by atoms with Crippen LogP contribution in [0.5, 0.6) is 0 Å². The van der Waals surface area contributed by atoms with Gasteiger partial charge in [-0.1, -0.05) is 55.3 Å². The van der Waals surface area contributed by atoms with Gasteiger partial charge < -0.3 is 5.32 Å². The zero-order valence-electron chi connectivity index (χ0n) is 18.5. The number of carbonyl (C=O) groups is 2. The SMILES string of the molecule is CCCCc1ccc(C(=O)Nc2cccc([C@@H]3SCC(=O)N3c3ccc(C)cc3)c2)cc1. The largest absolute Gasteiger partial charge is 0.322 e. The first-order valence-electron chi connectivity index (χ1n) is 11.1. The molecule has 0 spiro atoms. The molecule has 1 N–H and O–H groups in total. The normalized spacial score (nSPS) is 15.8. The number of unbranched alkanes of at least 4 members (excludes halogenated alkanes) is 1. The average Bonchev–Trinajstić information content (AvgIpc) is 3.20. The van der Waals surface area contributed by atoms with Gasteiger partial charge in [0.25, 0.3) is 5.91 Å². The molecule has 3 aromatic carbocycles. The minimum atomic E-state index is -0.130. The van der Waals surface area contributed by atoms with E-state index in [2.05, 4.69) is 12.2 Å². The Morgan fingerprint density at radius 1 is 1.06 bits per heavy atom. The van der Waals surface area contributed by atoms with Crippen molar-refractivity contribution in [2.24, 2.45) is 0 Å². The molecule has 0 bridgehead atoms. The first kappa shape index (κ1) is 22.2. The molecule has 32 heavy (non-hydrogen) atoms. The Morgan fingerprint density at radius 2 is 1.81 bits per heavy atom. The average molecular weight is 445 g/mol. The molecule has 4 rings (SSSR count). The summed E-state index contributed by atoms with van der Waals surface area (Å²) < 4.78 is 0. The molecular weight excluding hydrogens is 416 g/mol. The van der Waals surface area contributed by atoms with E-state index >= 15 is 0 Å². The van der Waals surface area contributed by atoms with Crippen LogP contribution in [0, 0.1) is 6.92 Å². The van der Waals surface area contributed by atoms with Gasteiger partial charge >= 0.3 is 0 Å². The van der Waals surface area contributed by atoms with Crippen molar-refractivity contribution < 1.29 is 9.59 Å². The molecule has 0 unspecified atom stereocenters. The fourth-order valence-corrected chi connectivity index (χ4v) is 5.00. The van der Waals surface area contributed by atoms with Crippen LogP contribution in [-0.4, -0.2) is 17.6 Å². The van der Waals surface area contributed by atoms with Crippen LogP contribution in [0.1, 0.15) is 52.2 Å². The number of hydrogen-bond acceptors (Lipinski definition) is 3. The number of benzene rings is 3. The molecule has 0 aliphatic carbocycles. The van der Waals surface area contributed by atoms with E-state index in [4.69, 9.17) is 0 Å². The molecule has 1 aliphatic heterocycles. The number of amides is 2. The van der Waals surface area contributed by atoms with Gasteiger partial charge in [0.05, 0.1) is 5.75 Å². The highest BCUT2D eigenvalue weighted by Crippen LogP contribution is 2.42. The van der Waals surface area contributed by atoms with Crippen LogP contribution in [0.3, 0.4) is 0 Å². The second-order valence-corrected chi connectivity index (χ2v) is 9.21.